The number of benzene rings is 2. The second kappa shape index (κ2) is 9.83. The zero-order chi connectivity index (χ0) is 18.8. The molecule has 26 heavy (non-hydrogen) atoms. The minimum atomic E-state index is -0.445. The number of nitrogens with one attached hydrogen (secondary N) is 2. The van der Waals surface area contributed by atoms with Crippen molar-refractivity contribution in [3.63, 3.8) is 0 Å². The van der Waals surface area contributed by atoms with Crippen LogP contribution in [0.15, 0.2) is 54.6 Å². The van der Waals surface area contributed by atoms with Crippen molar-refractivity contribution in [1.82, 2.24) is 0 Å². The van der Waals surface area contributed by atoms with E-state index in [9.17, 15) is 14.4 Å². The van der Waals surface area contributed by atoms with Crippen LogP contribution in [0.25, 0.3) is 0 Å². The van der Waals surface area contributed by atoms with E-state index in [4.69, 9.17) is 4.74 Å². The fourth-order valence-electron chi connectivity index (χ4n) is 2.08. The summed E-state index contributed by atoms with van der Waals surface area (Å²) in [6.07, 6.45) is 0.0315. The van der Waals surface area contributed by atoms with E-state index in [2.05, 4.69) is 15.4 Å². The molecule has 0 aliphatic carbocycles. The van der Waals surface area contributed by atoms with Gasteiger partial charge in [-0.3, -0.25) is 14.4 Å². The topological polar surface area (TPSA) is 93.7 Å². The first-order valence-electron chi connectivity index (χ1n) is 8.01. The van der Waals surface area contributed by atoms with Crippen LogP contribution in [0, 0.1) is 0 Å². The Hall–Kier alpha value is -3.35. The summed E-state index contributed by atoms with van der Waals surface area (Å²) in [5.41, 5.74) is 1.04. The molecular weight excluding hydrogens is 336 g/mol. The maximum Gasteiger partial charge on any atom is 0.306 e. The van der Waals surface area contributed by atoms with Crippen molar-refractivity contribution in [2.24, 2.45) is 0 Å². The lowest BCUT2D eigenvalue weighted by molar-refractivity contribution is -0.141. The Morgan fingerprint density at radius 1 is 0.846 bits per heavy atom. The molecule has 0 saturated carbocycles. The first-order valence-corrected chi connectivity index (χ1v) is 8.01. The lowest BCUT2D eigenvalue weighted by Crippen LogP contribution is -2.20. The number of hydrogen-bond donors (Lipinski definition) is 2. The summed E-state index contributed by atoms with van der Waals surface area (Å²) >= 11 is 0. The molecular formula is C19H20N2O5. The Bertz CT molecular complexity index is 762. The van der Waals surface area contributed by atoms with Crippen molar-refractivity contribution in [3.8, 4) is 5.75 Å². The van der Waals surface area contributed by atoms with Crippen molar-refractivity contribution in [1.29, 1.82) is 0 Å². The van der Waals surface area contributed by atoms with Gasteiger partial charge in [0.25, 0.3) is 5.91 Å². The number of esters is 1. The summed E-state index contributed by atoms with van der Waals surface area (Å²) in [5, 5.41) is 5.36. The van der Waals surface area contributed by atoms with Crippen molar-refractivity contribution in [2.45, 2.75) is 12.8 Å². The predicted octanol–water partition coefficient (Wildman–Crippen LogP) is 2.60. The second-order valence-electron chi connectivity index (χ2n) is 5.36. The SMILES string of the molecule is COC(=O)CCC(=O)Nc1cccc(NC(=O)COc2ccccc2)c1. The zero-order valence-corrected chi connectivity index (χ0v) is 14.4. The summed E-state index contributed by atoms with van der Waals surface area (Å²) < 4.78 is 9.86. The molecule has 2 rings (SSSR count). The van der Waals surface area contributed by atoms with E-state index in [-0.39, 0.29) is 31.3 Å². The molecule has 0 aliphatic heterocycles. The molecule has 0 heterocycles. The van der Waals surface area contributed by atoms with Crippen LogP contribution in [-0.2, 0) is 19.1 Å². The van der Waals surface area contributed by atoms with Gasteiger partial charge in [0.15, 0.2) is 6.61 Å². The first-order chi connectivity index (χ1) is 12.6. The molecule has 136 valence electrons. The van der Waals surface area contributed by atoms with E-state index in [0.29, 0.717) is 17.1 Å². The molecule has 0 aliphatic rings. The normalized spacial score (nSPS) is 9.88. The molecule has 2 aromatic carbocycles. The maximum atomic E-state index is 12.0. The van der Waals surface area contributed by atoms with E-state index >= 15 is 0 Å². The van der Waals surface area contributed by atoms with Gasteiger partial charge in [-0.05, 0) is 30.3 Å². The van der Waals surface area contributed by atoms with Crippen LogP contribution in [0.2, 0.25) is 0 Å². The quantitative estimate of drug-likeness (QED) is 0.709. The molecule has 0 bridgehead atoms. The highest BCUT2D eigenvalue weighted by Crippen LogP contribution is 2.16. The van der Waals surface area contributed by atoms with Crippen molar-refractivity contribution < 1.29 is 23.9 Å². The molecule has 0 atom stereocenters. The zero-order valence-electron chi connectivity index (χ0n) is 14.4. The summed E-state index contributed by atoms with van der Waals surface area (Å²) in [4.78, 5) is 34.8. The van der Waals surface area contributed by atoms with Crippen molar-refractivity contribution >= 4 is 29.2 Å². The number of anilines is 2. The summed E-state index contributed by atoms with van der Waals surface area (Å²) in [6, 6.07) is 15.7. The van der Waals surface area contributed by atoms with E-state index in [1.807, 2.05) is 18.2 Å². The summed E-state index contributed by atoms with van der Waals surface area (Å²) in [6.45, 7) is -0.125. The third-order valence-corrected chi connectivity index (χ3v) is 3.33. The average Bonchev–Trinajstić information content (AvgIpc) is 2.65. The molecule has 2 amide bonds. The van der Waals surface area contributed by atoms with E-state index in [0.717, 1.165) is 0 Å². The highest BCUT2D eigenvalue weighted by Gasteiger charge is 2.08. The minimum absolute atomic E-state index is 0.00951. The van der Waals surface area contributed by atoms with Crippen LogP contribution in [0.1, 0.15) is 12.8 Å². The van der Waals surface area contributed by atoms with Gasteiger partial charge in [0.2, 0.25) is 5.91 Å². The molecule has 7 heteroatoms. The summed E-state index contributed by atoms with van der Waals surface area (Å²) in [5.74, 6) is -0.469. The molecule has 7 nitrogen and oxygen atoms in total. The number of methoxy groups -OCH3 is 1. The lowest BCUT2D eigenvalue weighted by Gasteiger charge is -2.09. The monoisotopic (exact) mass is 356 g/mol. The van der Waals surface area contributed by atoms with Crippen LogP contribution in [0.4, 0.5) is 11.4 Å². The van der Waals surface area contributed by atoms with Crippen LogP contribution in [0.3, 0.4) is 0 Å². The van der Waals surface area contributed by atoms with Gasteiger partial charge in [-0.25, -0.2) is 0 Å². The molecule has 0 radical (unpaired) electrons. The van der Waals surface area contributed by atoms with Gasteiger partial charge in [0, 0.05) is 17.8 Å². The number of amides is 2. The molecule has 0 aromatic heterocycles. The van der Waals surface area contributed by atoms with E-state index in [1.165, 1.54) is 7.11 Å². The molecule has 2 N–H and O–H groups in total. The predicted molar refractivity (Wildman–Crippen MR) is 96.9 cm³/mol. The minimum Gasteiger partial charge on any atom is -0.484 e. The van der Waals surface area contributed by atoms with Gasteiger partial charge in [-0.15, -0.1) is 0 Å². The van der Waals surface area contributed by atoms with Gasteiger partial charge < -0.3 is 20.1 Å². The standard InChI is InChI=1S/C19H20N2O5/c1-25-19(24)11-10-17(22)20-14-6-5-7-15(12-14)21-18(23)13-26-16-8-3-2-4-9-16/h2-9,12H,10-11,13H2,1H3,(H,20,22)(H,21,23). The number of carbonyl (C=O) groups excluding carboxylic acids is 3. The highest BCUT2D eigenvalue weighted by molar-refractivity contribution is 5.95. The number of hydrogen-bond acceptors (Lipinski definition) is 5. The first kappa shape index (κ1) is 19.0. The van der Waals surface area contributed by atoms with Crippen LogP contribution >= 0.6 is 0 Å². The smallest absolute Gasteiger partial charge is 0.306 e. The molecule has 0 spiro atoms. The Morgan fingerprint density at radius 3 is 2.15 bits per heavy atom. The summed E-state index contributed by atoms with van der Waals surface area (Å²) in [7, 11) is 1.27. The molecule has 0 saturated heterocycles. The van der Waals surface area contributed by atoms with Gasteiger partial charge in [-0.2, -0.15) is 0 Å². The Morgan fingerprint density at radius 2 is 1.50 bits per heavy atom. The van der Waals surface area contributed by atoms with Crippen LogP contribution in [-0.4, -0.2) is 31.5 Å². The Labute approximate surface area is 151 Å². The second-order valence-corrected chi connectivity index (χ2v) is 5.36. The molecule has 0 fully saturated rings. The third kappa shape index (κ3) is 6.64. The van der Waals surface area contributed by atoms with Gasteiger partial charge in [0.05, 0.1) is 13.5 Å². The number of ether oxygens (including phenoxy) is 2. The largest absolute Gasteiger partial charge is 0.484 e. The third-order valence-electron chi connectivity index (χ3n) is 3.33. The van der Waals surface area contributed by atoms with E-state index in [1.54, 1.807) is 36.4 Å². The van der Waals surface area contributed by atoms with Gasteiger partial charge >= 0.3 is 5.97 Å². The van der Waals surface area contributed by atoms with Gasteiger partial charge in [0.1, 0.15) is 5.75 Å². The molecule has 2 aromatic rings. The lowest BCUT2D eigenvalue weighted by atomic mass is 10.2. The van der Waals surface area contributed by atoms with Crippen LogP contribution in [0.5, 0.6) is 5.75 Å². The van der Waals surface area contributed by atoms with Crippen molar-refractivity contribution in [2.75, 3.05) is 24.4 Å². The number of carbonyl (C=O) groups is 3. The Balaban J connectivity index is 1.83. The Kier molecular flexibility index (Phi) is 7.17. The average molecular weight is 356 g/mol. The van der Waals surface area contributed by atoms with Crippen LogP contribution < -0.4 is 15.4 Å². The fourth-order valence-corrected chi connectivity index (χ4v) is 2.08. The van der Waals surface area contributed by atoms with Crippen molar-refractivity contribution in [3.05, 3.63) is 54.6 Å². The fraction of sp³-hybridized carbons (Fsp3) is 0.211. The highest BCUT2D eigenvalue weighted by atomic mass is 16.5. The number of para-hydroxylation sites is 1. The maximum absolute atomic E-state index is 12.0. The number of rotatable bonds is 8. The van der Waals surface area contributed by atoms with E-state index < -0.39 is 5.97 Å². The molecule has 0 unspecified atom stereocenters. The van der Waals surface area contributed by atoms with Gasteiger partial charge in [-0.1, -0.05) is 24.3 Å².